The van der Waals surface area contributed by atoms with E-state index in [2.05, 4.69) is 21.2 Å². The Morgan fingerprint density at radius 3 is 2.88 bits per heavy atom. The van der Waals surface area contributed by atoms with E-state index in [0.717, 1.165) is 18.7 Å². The lowest BCUT2D eigenvalue weighted by molar-refractivity contribution is 0.609. The molecular formula is C12H14BrClFN. The van der Waals surface area contributed by atoms with Gasteiger partial charge >= 0.3 is 0 Å². The van der Waals surface area contributed by atoms with E-state index in [-0.39, 0.29) is 11.2 Å². The van der Waals surface area contributed by atoms with Crippen molar-refractivity contribution in [2.24, 2.45) is 5.92 Å². The van der Waals surface area contributed by atoms with Gasteiger partial charge in [0, 0.05) is 18.5 Å². The molecule has 1 N–H and O–H groups in total. The van der Waals surface area contributed by atoms with E-state index in [1.165, 1.54) is 18.9 Å². The number of hydrogen-bond donors (Lipinski definition) is 1. The average molecular weight is 307 g/mol. The van der Waals surface area contributed by atoms with Gasteiger partial charge in [-0.25, -0.2) is 4.39 Å². The molecule has 0 bridgehead atoms. The lowest BCUT2D eigenvalue weighted by Crippen LogP contribution is -2.24. The summed E-state index contributed by atoms with van der Waals surface area (Å²) in [6, 6.07) is 5.05. The minimum absolute atomic E-state index is 0.225. The van der Waals surface area contributed by atoms with Gasteiger partial charge in [0.25, 0.3) is 0 Å². The van der Waals surface area contributed by atoms with E-state index in [4.69, 9.17) is 11.6 Å². The minimum atomic E-state index is -0.225. The minimum Gasteiger partial charge on any atom is -0.311 e. The predicted molar refractivity (Wildman–Crippen MR) is 68.2 cm³/mol. The molecule has 1 saturated carbocycles. The molecule has 1 aromatic rings. The molecule has 16 heavy (non-hydrogen) atoms. The summed E-state index contributed by atoms with van der Waals surface area (Å²) in [5, 5.41) is 3.53. The highest BCUT2D eigenvalue weighted by molar-refractivity contribution is 9.10. The molecule has 0 heterocycles. The molecule has 1 aromatic carbocycles. The SMILES string of the molecule is Fc1ccc(CNCC(Cl)C2CC2)cc1Br. The maximum Gasteiger partial charge on any atom is 0.137 e. The van der Waals surface area contributed by atoms with Gasteiger partial charge in [-0.3, -0.25) is 0 Å². The summed E-state index contributed by atoms with van der Waals surface area (Å²) in [7, 11) is 0. The van der Waals surface area contributed by atoms with E-state index in [1.807, 2.05) is 0 Å². The second-order valence-electron chi connectivity index (χ2n) is 4.23. The van der Waals surface area contributed by atoms with Crippen molar-refractivity contribution in [1.82, 2.24) is 5.32 Å². The molecule has 1 atom stereocenters. The second kappa shape index (κ2) is 5.48. The van der Waals surface area contributed by atoms with E-state index in [0.29, 0.717) is 10.4 Å². The molecule has 1 unspecified atom stereocenters. The van der Waals surface area contributed by atoms with Crippen LogP contribution in [0.5, 0.6) is 0 Å². The summed E-state index contributed by atoms with van der Waals surface area (Å²) < 4.78 is 13.5. The van der Waals surface area contributed by atoms with Crippen LogP contribution in [-0.2, 0) is 6.54 Å². The molecule has 1 fully saturated rings. The van der Waals surface area contributed by atoms with Crippen molar-refractivity contribution in [2.45, 2.75) is 24.8 Å². The molecule has 0 amide bonds. The summed E-state index contributed by atoms with van der Waals surface area (Å²) in [5.74, 6) is 0.478. The van der Waals surface area contributed by atoms with Crippen molar-refractivity contribution in [3.05, 3.63) is 34.1 Å². The molecule has 1 nitrogen and oxygen atoms in total. The lowest BCUT2D eigenvalue weighted by Gasteiger charge is -2.09. The molecule has 0 saturated heterocycles. The zero-order valence-corrected chi connectivity index (χ0v) is 11.2. The molecular weight excluding hydrogens is 292 g/mol. The number of alkyl halides is 1. The summed E-state index contributed by atoms with van der Waals surface area (Å²) in [5.41, 5.74) is 1.06. The van der Waals surface area contributed by atoms with Crippen molar-refractivity contribution in [2.75, 3.05) is 6.54 Å². The highest BCUT2D eigenvalue weighted by Gasteiger charge is 2.29. The number of hydrogen-bond acceptors (Lipinski definition) is 1. The first kappa shape index (κ1) is 12.3. The smallest absolute Gasteiger partial charge is 0.137 e. The molecule has 0 spiro atoms. The zero-order valence-electron chi connectivity index (χ0n) is 8.85. The number of nitrogens with one attached hydrogen (secondary N) is 1. The van der Waals surface area contributed by atoms with Crippen molar-refractivity contribution in [3.8, 4) is 0 Å². The first-order valence-electron chi connectivity index (χ1n) is 5.45. The van der Waals surface area contributed by atoms with Gasteiger partial charge in [-0.05, 0) is 52.4 Å². The highest BCUT2D eigenvalue weighted by atomic mass is 79.9. The van der Waals surface area contributed by atoms with Crippen LogP contribution in [-0.4, -0.2) is 11.9 Å². The van der Waals surface area contributed by atoms with Gasteiger partial charge in [-0.1, -0.05) is 6.07 Å². The van der Waals surface area contributed by atoms with Crippen LogP contribution in [0.25, 0.3) is 0 Å². The van der Waals surface area contributed by atoms with Crippen LogP contribution in [0.3, 0.4) is 0 Å². The fraction of sp³-hybridized carbons (Fsp3) is 0.500. The third-order valence-corrected chi connectivity index (χ3v) is 3.90. The Bertz CT molecular complexity index is 368. The maximum absolute atomic E-state index is 13.0. The summed E-state index contributed by atoms with van der Waals surface area (Å²) in [6.45, 7) is 1.55. The lowest BCUT2D eigenvalue weighted by atomic mass is 10.2. The van der Waals surface area contributed by atoms with E-state index in [1.54, 1.807) is 12.1 Å². The van der Waals surface area contributed by atoms with Crippen LogP contribution in [0.2, 0.25) is 0 Å². The van der Waals surface area contributed by atoms with Crippen molar-refractivity contribution in [1.29, 1.82) is 0 Å². The Labute approximate surface area is 109 Å². The number of benzene rings is 1. The van der Waals surface area contributed by atoms with Gasteiger partial charge in [0.1, 0.15) is 5.82 Å². The number of halogens is 3. The van der Waals surface area contributed by atoms with E-state index < -0.39 is 0 Å². The Hall–Kier alpha value is -0.120. The molecule has 1 aliphatic rings. The number of rotatable bonds is 5. The quantitative estimate of drug-likeness (QED) is 0.818. The Morgan fingerprint density at radius 2 is 2.25 bits per heavy atom. The Balaban J connectivity index is 1.78. The van der Waals surface area contributed by atoms with E-state index in [9.17, 15) is 4.39 Å². The summed E-state index contributed by atoms with van der Waals surface area (Å²) in [6.07, 6.45) is 2.52. The highest BCUT2D eigenvalue weighted by Crippen LogP contribution is 2.35. The molecule has 4 heteroatoms. The molecule has 0 aromatic heterocycles. The van der Waals surface area contributed by atoms with Gasteiger partial charge in [-0.2, -0.15) is 0 Å². The van der Waals surface area contributed by atoms with Crippen LogP contribution < -0.4 is 5.32 Å². The summed E-state index contributed by atoms with van der Waals surface area (Å²) in [4.78, 5) is 0. The topological polar surface area (TPSA) is 12.0 Å². The Morgan fingerprint density at radius 1 is 1.50 bits per heavy atom. The Kier molecular flexibility index (Phi) is 4.22. The zero-order chi connectivity index (χ0) is 11.5. The van der Waals surface area contributed by atoms with Crippen molar-refractivity contribution < 1.29 is 4.39 Å². The molecule has 1 aliphatic carbocycles. The van der Waals surface area contributed by atoms with Gasteiger partial charge < -0.3 is 5.32 Å². The first-order valence-corrected chi connectivity index (χ1v) is 6.68. The molecule has 0 aliphatic heterocycles. The molecule has 0 radical (unpaired) electrons. The second-order valence-corrected chi connectivity index (χ2v) is 5.65. The van der Waals surface area contributed by atoms with Crippen LogP contribution in [0.15, 0.2) is 22.7 Å². The summed E-state index contributed by atoms with van der Waals surface area (Å²) >= 11 is 9.34. The fourth-order valence-corrected chi connectivity index (χ4v) is 2.42. The largest absolute Gasteiger partial charge is 0.311 e. The van der Waals surface area contributed by atoms with Crippen LogP contribution >= 0.6 is 27.5 Å². The fourth-order valence-electron chi connectivity index (χ4n) is 1.63. The van der Waals surface area contributed by atoms with Crippen molar-refractivity contribution in [3.63, 3.8) is 0 Å². The molecule has 88 valence electrons. The van der Waals surface area contributed by atoms with Gasteiger partial charge in [0.05, 0.1) is 4.47 Å². The molecule has 2 rings (SSSR count). The monoisotopic (exact) mass is 305 g/mol. The maximum atomic E-state index is 13.0. The van der Waals surface area contributed by atoms with Gasteiger partial charge in [0.15, 0.2) is 0 Å². The van der Waals surface area contributed by atoms with Gasteiger partial charge in [0.2, 0.25) is 0 Å². The van der Waals surface area contributed by atoms with Crippen LogP contribution in [0, 0.1) is 11.7 Å². The average Bonchev–Trinajstić information content (AvgIpc) is 3.07. The predicted octanol–water partition coefficient (Wildman–Crippen LogP) is 3.70. The standard InChI is InChI=1S/C12H14BrClFN/c13-10-5-8(1-4-12(10)15)6-16-7-11(14)9-2-3-9/h1,4-5,9,11,16H,2-3,6-7H2. The van der Waals surface area contributed by atoms with Crippen LogP contribution in [0.1, 0.15) is 18.4 Å². The van der Waals surface area contributed by atoms with Crippen molar-refractivity contribution >= 4 is 27.5 Å². The third-order valence-electron chi connectivity index (χ3n) is 2.79. The van der Waals surface area contributed by atoms with Gasteiger partial charge in [-0.15, -0.1) is 11.6 Å². The first-order chi connectivity index (χ1) is 7.66. The van der Waals surface area contributed by atoms with Crippen LogP contribution in [0.4, 0.5) is 4.39 Å². The normalized spacial score (nSPS) is 17.4. The third kappa shape index (κ3) is 3.44. The van der Waals surface area contributed by atoms with E-state index >= 15 is 0 Å².